The van der Waals surface area contributed by atoms with E-state index in [4.69, 9.17) is 11.6 Å². The molecule has 0 spiro atoms. The average molecular weight is 191 g/mol. The minimum absolute atomic E-state index is 0.250. The summed E-state index contributed by atoms with van der Waals surface area (Å²) in [4.78, 5) is 0. The molecule has 2 unspecified atom stereocenters. The number of halogens is 1. The maximum atomic E-state index is 6.27. The van der Waals surface area contributed by atoms with E-state index in [-0.39, 0.29) is 10.8 Å². The molecule has 0 aliphatic carbocycles. The van der Waals surface area contributed by atoms with Gasteiger partial charge in [0.1, 0.15) is 0 Å². The summed E-state index contributed by atoms with van der Waals surface area (Å²) in [5.74, 6) is 0. The lowest BCUT2D eigenvalue weighted by Gasteiger charge is -2.35. The standard InChI is InChI=1S/C9H19ClN2/c1-9(2,3)8-7(10)6-11(4)12(8)5/h7-8H,6H2,1-5H3. The summed E-state index contributed by atoms with van der Waals surface area (Å²) in [7, 11) is 4.19. The number of hydrogen-bond donors (Lipinski definition) is 0. The molecule has 3 heteroatoms. The fourth-order valence-electron chi connectivity index (χ4n) is 2.03. The molecule has 1 rings (SSSR count). The van der Waals surface area contributed by atoms with Gasteiger partial charge in [-0.25, -0.2) is 10.0 Å². The monoisotopic (exact) mass is 190 g/mol. The Morgan fingerprint density at radius 1 is 1.25 bits per heavy atom. The molecular weight excluding hydrogens is 172 g/mol. The number of nitrogens with zero attached hydrogens (tertiary/aromatic N) is 2. The lowest BCUT2D eigenvalue weighted by atomic mass is 9.85. The molecule has 72 valence electrons. The molecule has 1 heterocycles. The summed E-state index contributed by atoms with van der Waals surface area (Å²) in [6.07, 6.45) is 0. The summed E-state index contributed by atoms with van der Waals surface area (Å²) in [5.41, 5.74) is 0.256. The second-order valence-corrected chi connectivity index (χ2v) is 5.30. The minimum Gasteiger partial charge on any atom is -0.243 e. The maximum absolute atomic E-state index is 6.27. The van der Waals surface area contributed by atoms with Crippen molar-refractivity contribution in [3.05, 3.63) is 0 Å². The molecule has 0 aromatic heterocycles. The molecule has 12 heavy (non-hydrogen) atoms. The van der Waals surface area contributed by atoms with Gasteiger partial charge in [0.25, 0.3) is 0 Å². The molecule has 0 saturated carbocycles. The van der Waals surface area contributed by atoms with Gasteiger partial charge in [-0.05, 0) is 5.41 Å². The van der Waals surface area contributed by atoms with Crippen LogP contribution in [0, 0.1) is 5.41 Å². The van der Waals surface area contributed by atoms with Crippen LogP contribution in [-0.2, 0) is 0 Å². The predicted molar refractivity (Wildman–Crippen MR) is 53.3 cm³/mol. The Balaban J connectivity index is 2.77. The van der Waals surface area contributed by atoms with Crippen LogP contribution in [0.3, 0.4) is 0 Å². The van der Waals surface area contributed by atoms with Gasteiger partial charge < -0.3 is 0 Å². The Labute approximate surface area is 80.4 Å². The lowest BCUT2D eigenvalue weighted by Crippen LogP contribution is -2.44. The van der Waals surface area contributed by atoms with E-state index in [0.717, 1.165) is 6.54 Å². The van der Waals surface area contributed by atoms with Crippen molar-refractivity contribution < 1.29 is 0 Å². The second kappa shape index (κ2) is 3.17. The molecule has 0 amide bonds. The van der Waals surface area contributed by atoms with Crippen LogP contribution in [0.5, 0.6) is 0 Å². The van der Waals surface area contributed by atoms with Gasteiger partial charge >= 0.3 is 0 Å². The first-order chi connectivity index (χ1) is 5.34. The zero-order valence-corrected chi connectivity index (χ0v) is 9.39. The molecule has 1 aliphatic heterocycles. The first-order valence-corrected chi connectivity index (χ1v) is 4.85. The first-order valence-electron chi connectivity index (χ1n) is 4.42. The highest BCUT2D eigenvalue weighted by atomic mass is 35.5. The molecule has 2 atom stereocenters. The quantitative estimate of drug-likeness (QED) is 0.538. The van der Waals surface area contributed by atoms with Gasteiger partial charge in [0.05, 0.1) is 5.38 Å². The van der Waals surface area contributed by atoms with Crippen molar-refractivity contribution in [2.45, 2.75) is 32.2 Å². The number of rotatable bonds is 0. The number of alkyl halides is 1. The van der Waals surface area contributed by atoms with Crippen LogP contribution < -0.4 is 0 Å². The third kappa shape index (κ3) is 1.76. The van der Waals surface area contributed by atoms with E-state index in [1.165, 1.54) is 0 Å². The zero-order chi connectivity index (χ0) is 9.52. The Morgan fingerprint density at radius 3 is 1.92 bits per heavy atom. The fourth-order valence-corrected chi connectivity index (χ4v) is 2.77. The van der Waals surface area contributed by atoms with Crippen LogP contribution >= 0.6 is 11.6 Å². The van der Waals surface area contributed by atoms with Crippen LogP contribution in [0.15, 0.2) is 0 Å². The smallest absolute Gasteiger partial charge is 0.0651 e. The van der Waals surface area contributed by atoms with Crippen LogP contribution in [0.1, 0.15) is 20.8 Å². The van der Waals surface area contributed by atoms with E-state index < -0.39 is 0 Å². The highest BCUT2D eigenvalue weighted by molar-refractivity contribution is 6.21. The molecule has 1 saturated heterocycles. The van der Waals surface area contributed by atoms with Crippen molar-refractivity contribution in [3.63, 3.8) is 0 Å². The molecule has 0 aromatic carbocycles. The van der Waals surface area contributed by atoms with E-state index in [1.54, 1.807) is 0 Å². The Bertz CT molecular complexity index is 164. The molecule has 1 fully saturated rings. The molecule has 1 aliphatic rings. The highest BCUT2D eigenvalue weighted by Gasteiger charge is 2.41. The molecular formula is C9H19ClN2. The summed E-state index contributed by atoms with van der Waals surface area (Å²) in [5, 5.41) is 4.69. The third-order valence-electron chi connectivity index (χ3n) is 2.61. The largest absolute Gasteiger partial charge is 0.243 e. The molecule has 0 radical (unpaired) electrons. The van der Waals surface area contributed by atoms with Crippen molar-refractivity contribution in [1.29, 1.82) is 0 Å². The van der Waals surface area contributed by atoms with Gasteiger partial charge in [-0.1, -0.05) is 20.8 Å². The van der Waals surface area contributed by atoms with Gasteiger partial charge in [0.2, 0.25) is 0 Å². The summed E-state index contributed by atoms with van der Waals surface area (Å²) in [6.45, 7) is 7.67. The molecule has 0 aromatic rings. The van der Waals surface area contributed by atoms with Crippen LogP contribution in [-0.4, -0.2) is 42.1 Å². The Hall–Kier alpha value is 0.210. The number of hydrazine groups is 1. The summed E-state index contributed by atoms with van der Waals surface area (Å²) < 4.78 is 0. The SMILES string of the molecule is CN1CC(Cl)C(C(C)(C)C)N1C. The van der Waals surface area contributed by atoms with Crippen molar-refractivity contribution in [3.8, 4) is 0 Å². The molecule has 0 bridgehead atoms. The minimum atomic E-state index is 0.250. The molecule has 0 N–H and O–H groups in total. The Morgan fingerprint density at radius 2 is 1.75 bits per heavy atom. The van der Waals surface area contributed by atoms with Gasteiger partial charge in [-0.2, -0.15) is 0 Å². The lowest BCUT2D eigenvalue weighted by molar-refractivity contribution is 0.0128. The predicted octanol–water partition coefficient (Wildman–Crippen LogP) is 1.80. The van der Waals surface area contributed by atoms with Gasteiger partial charge in [0.15, 0.2) is 0 Å². The van der Waals surface area contributed by atoms with Crippen LogP contribution in [0.2, 0.25) is 0 Å². The number of hydrogen-bond acceptors (Lipinski definition) is 2. The third-order valence-corrected chi connectivity index (χ3v) is 2.99. The summed E-state index contributed by atoms with van der Waals surface area (Å²) in [6, 6.07) is 0.448. The van der Waals surface area contributed by atoms with Gasteiger partial charge in [0, 0.05) is 26.7 Å². The van der Waals surface area contributed by atoms with E-state index in [1.807, 2.05) is 0 Å². The fraction of sp³-hybridized carbons (Fsp3) is 1.00. The van der Waals surface area contributed by atoms with Crippen molar-refractivity contribution in [1.82, 2.24) is 10.0 Å². The maximum Gasteiger partial charge on any atom is 0.0651 e. The van der Waals surface area contributed by atoms with E-state index >= 15 is 0 Å². The normalized spacial score (nSPS) is 34.5. The van der Waals surface area contributed by atoms with Gasteiger partial charge in [-0.3, -0.25) is 0 Å². The Kier molecular flexibility index (Phi) is 2.72. The molecule has 2 nitrogen and oxygen atoms in total. The van der Waals surface area contributed by atoms with Crippen molar-refractivity contribution in [2.24, 2.45) is 5.41 Å². The van der Waals surface area contributed by atoms with E-state index in [0.29, 0.717) is 6.04 Å². The first kappa shape index (κ1) is 10.3. The van der Waals surface area contributed by atoms with Crippen LogP contribution in [0.25, 0.3) is 0 Å². The summed E-state index contributed by atoms with van der Waals surface area (Å²) >= 11 is 6.27. The van der Waals surface area contributed by atoms with E-state index in [9.17, 15) is 0 Å². The second-order valence-electron chi connectivity index (χ2n) is 4.74. The van der Waals surface area contributed by atoms with Crippen LogP contribution in [0.4, 0.5) is 0 Å². The topological polar surface area (TPSA) is 6.48 Å². The van der Waals surface area contributed by atoms with Crippen molar-refractivity contribution >= 4 is 11.6 Å². The zero-order valence-electron chi connectivity index (χ0n) is 8.63. The van der Waals surface area contributed by atoms with E-state index in [2.05, 4.69) is 44.9 Å². The highest BCUT2D eigenvalue weighted by Crippen LogP contribution is 2.33. The average Bonchev–Trinajstić information content (AvgIpc) is 2.05. The van der Waals surface area contributed by atoms with Crippen molar-refractivity contribution in [2.75, 3.05) is 20.6 Å². The van der Waals surface area contributed by atoms with Gasteiger partial charge in [-0.15, -0.1) is 11.6 Å².